The van der Waals surface area contributed by atoms with Gasteiger partial charge in [0.05, 0.1) is 12.8 Å². The number of nitrogens with one attached hydrogen (secondary N) is 3. The molecule has 3 aromatic rings. The first-order valence-corrected chi connectivity index (χ1v) is 12.4. The molecular weight excluding hydrogens is 511 g/mol. The van der Waals surface area contributed by atoms with Crippen LogP contribution in [0.4, 0.5) is 47.7 Å². The van der Waals surface area contributed by atoms with Crippen LogP contribution in [0.2, 0.25) is 0 Å². The van der Waals surface area contributed by atoms with Gasteiger partial charge in [-0.15, -0.1) is 0 Å². The van der Waals surface area contributed by atoms with E-state index in [-0.39, 0.29) is 11.6 Å². The van der Waals surface area contributed by atoms with Gasteiger partial charge < -0.3 is 30.5 Å². The summed E-state index contributed by atoms with van der Waals surface area (Å²) in [7, 11) is 1.53. The number of aromatic nitrogens is 2. The molecule has 4 rings (SSSR count). The lowest BCUT2D eigenvalue weighted by molar-refractivity contribution is -0.137. The summed E-state index contributed by atoms with van der Waals surface area (Å²) in [5.74, 6) is -0.435. The van der Waals surface area contributed by atoms with Crippen molar-refractivity contribution in [2.45, 2.75) is 13.1 Å². The maximum absolute atomic E-state index is 13.8. The average molecular weight is 542 g/mol. The van der Waals surface area contributed by atoms with Crippen LogP contribution < -0.4 is 25.6 Å². The van der Waals surface area contributed by atoms with Gasteiger partial charge in [-0.05, 0) is 43.0 Å². The maximum atomic E-state index is 13.8. The van der Waals surface area contributed by atoms with Crippen LogP contribution in [0.5, 0.6) is 5.75 Å². The first-order valence-electron chi connectivity index (χ1n) is 12.4. The quantitative estimate of drug-likeness (QED) is 0.316. The smallest absolute Gasteiger partial charge is 0.421 e. The zero-order valence-corrected chi connectivity index (χ0v) is 21.7. The van der Waals surface area contributed by atoms with E-state index in [0.717, 1.165) is 50.7 Å². The molecule has 12 heteroatoms. The summed E-state index contributed by atoms with van der Waals surface area (Å²) >= 11 is 0. The van der Waals surface area contributed by atoms with Crippen LogP contribution >= 0.6 is 0 Å². The van der Waals surface area contributed by atoms with Gasteiger partial charge >= 0.3 is 6.18 Å². The number of hydrogen-bond donors (Lipinski definition) is 3. The van der Waals surface area contributed by atoms with Gasteiger partial charge in [-0.2, -0.15) is 18.2 Å². The number of rotatable bonds is 9. The van der Waals surface area contributed by atoms with Crippen LogP contribution in [0.15, 0.2) is 61.3 Å². The first-order chi connectivity index (χ1) is 18.7. The minimum Gasteiger partial charge on any atom is -0.494 e. The fourth-order valence-electron chi connectivity index (χ4n) is 4.17. The second-order valence-electron chi connectivity index (χ2n) is 8.78. The van der Waals surface area contributed by atoms with E-state index in [4.69, 9.17) is 4.74 Å². The van der Waals surface area contributed by atoms with Gasteiger partial charge in [0.15, 0.2) is 0 Å². The molecule has 0 spiro atoms. The predicted molar refractivity (Wildman–Crippen MR) is 146 cm³/mol. The molecule has 3 N–H and O–H groups in total. The highest BCUT2D eigenvalue weighted by Gasteiger charge is 2.35. The Morgan fingerprint density at radius 3 is 2.51 bits per heavy atom. The largest absolute Gasteiger partial charge is 0.494 e. The second-order valence-corrected chi connectivity index (χ2v) is 8.78. The Morgan fingerprint density at radius 1 is 1.10 bits per heavy atom. The van der Waals surface area contributed by atoms with Crippen molar-refractivity contribution in [1.29, 1.82) is 0 Å². The molecule has 0 radical (unpaired) electrons. The lowest BCUT2D eigenvalue weighted by Gasteiger charge is -2.35. The Labute approximate surface area is 224 Å². The Bertz CT molecular complexity index is 1320. The Morgan fingerprint density at radius 2 is 1.85 bits per heavy atom. The normalized spacial score (nSPS) is 14.0. The van der Waals surface area contributed by atoms with Crippen molar-refractivity contribution in [3.63, 3.8) is 0 Å². The van der Waals surface area contributed by atoms with Crippen molar-refractivity contribution < 1.29 is 22.7 Å². The van der Waals surface area contributed by atoms with Gasteiger partial charge in [-0.25, -0.2) is 4.98 Å². The highest BCUT2D eigenvalue weighted by molar-refractivity contribution is 5.99. The fourth-order valence-corrected chi connectivity index (χ4v) is 4.17. The van der Waals surface area contributed by atoms with E-state index in [2.05, 4.69) is 49.2 Å². The van der Waals surface area contributed by atoms with E-state index >= 15 is 0 Å². The molecule has 1 aromatic heterocycles. The van der Waals surface area contributed by atoms with E-state index in [0.29, 0.717) is 17.1 Å². The van der Waals surface area contributed by atoms with Gasteiger partial charge in [-0.3, -0.25) is 4.79 Å². The molecule has 0 unspecified atom stereocenters. The molecule has 1 aliphatic heterocycles. The Balaban J connectivity index is 1.58. The number of hydrogen-bond acceptors (Lipinski definition) is 8. The monoisotopic (exact) mass is 541 g/mol. The van der Waals surface area contributed by atoms with Crippen molar-refractivity contribution in [2.75, 3.05) is 60.7 Å². The number of amides is 1. The van der Waals surface area contributed by atoms with Gasteiger partial charge in [0.1, 0.15) is 17.1 Å². The predicted octanol–water partition coefficient (Wildman–Crippen LogP) is 5.26. The minimum absolute atomic E-state index is 0.0516. The number of alkyl halides is 3. The van der Waals surface area contributed by atoms with Crippen LogP contribution in [-0.2, 0) is 11.0 Å². The SMILES string of the molecule is C=CC(=O)Nc1cccc(Nc2nc(Nc3ccc(N4CCN(CC)CC4)cc3OC)ncc2C(F)(F)F)c1. The van der Waals surface area contributed by atoms with Gasteiger partial charge in [0, 0.05) is 55.5 Å². The maximum Gasteiger partial charge on any atom is 0.421 e. The molecule has 39 heavy (non-hydrogen) atoms. The number of piperazine rings is 1. The van der Waals surface area contributed by atoms with E-state index < -0.39 is 23.5 Å². The summed E-state index contributed by atoms with van der Waals surface area (Å²) in [6.07, 6.45) is -2.89. The summed E-state index contributed by atoms with van der Waals surface area (Å²) in [6.45, 7) is 10.3. The lowest BCUT2D eigenvalue weighted by atomic mass is 10.2. The number of nitrogens with zero attached hydrogens (tertiary/aromatic N) is 4. The number of carbonyl (C=O) groups excluding carboxylic acids is 1. The molecule has 0 aliphatic carbocycles. The minimum atomic E-state index is -4.70. The van der Waals surface area contributed by atoms with E-state index in [1.807, 2.05) is 12.1 Å². The number of carbonyl (C=O) groups is 1. The number of likely N-dealkylation sites (N-methyl/N-ethyl adjacent to an activating group) is 1. The first kappa shape index (κ1) is 27.7. The lowest BCUT2D eigenvalue weighted by Crippen LogP contribution is -2.46. The molecular formula is C27H30F3N7O2. The van der Waals surface area contributed by atoms with Crippen LogP contribution in [0.25, 0.3) is 0 Å². The van der Waals surface area contributed by atoms with Crippen LogP contribution in [0.3, 0.4) is 0 Å². The molecule has 2 heterocycles. The highest BCUT2D eigenvalue weighted by atomic mass is 19.4. The summed E-state index contributed by atoms with van der Waals surface area (Å²) in [5, 5.41) is 8.23. The zero-order valence-electron chi connectivity index (χ0n) is 21.7. The van der Waals surface area contributed by atoms with Crippen molar-refractivity contribution in [1.82, 2.24) is 14.9 Å². The van der Waals surface area contributed by atoms with Crippen LogP contribution in [0.1, 0.15) is 12.5 Å². The molecule has 0 saturated carbocycles. The summed E-state index contributed by atoms with van der Waals surface area (Å²) in [4.78, 5) is 24.3. The molecule has 0 atom stereocenters. The molecule has 1 amide bonds. The molecule has 1 saturated heterocycles. The van der Waals surface area contributed by atoms with E-state index in [9.17, 15) is 18.0 Å². The zero-order chi connectivity index (χ0) is 28.0. The van der Waals surface area contributed by atoms with E-state index in [1.165, 1.54) is 13.2 Å². The number of ether oxygens (including phenoxy) is 1. The Kier molecular flexibility index (Phi) is 8.55. The number of methoxy groups -OCH3 is 1. The van der Waals surface area contributed by atoms with Crippen LogP contribution in [-0.4, -0.2) is 60.6 Å². The second kappa shape index (κ2) is 12.0. The van der Waals surface area contributed by atoms with Gasteiger partial charge in [-0.1, -0.05) is 19.6 Å². The summed E-state index contributed by atoms with van der Waals surface area (Å²) < 4.78 is 46.8. The van der Waals surface area contributed by atoms with Crippen molar-refractivity contribution in [3.8, 4) is 5.75 Å². The molecule has 1 aliphatic rings. The highest BCUT2D eigenvalue weighted by Crippen LogP contribution is 2.37. The molecule has 206 valence electrons. The number of benzene rings is 2. The van der Waals surface area contributed by atoms with Crippen molar-refractivity contribution in [3.05, 3.63) is 66.9 Å². The topological polar surface area (TPSA) is 94.6 Å². The summed E-state index contributed by atoms with van der Waals surface area (Å²) in [6, 6.07) is 11.8. The van der Waals surface area contributed by atoms with Gasteiger partial charge in [0.2, 0.25) is 11.9 Å². The molecule has 1 fully saturated rings. The number of anilines is 6. The molecule has 2 aromatic carbocycles. The standard InChI is InChI=1S/C27H30F3N7O2/c1-4-24(38)32-18-7-6-8-19(15-18)33-25-21(27(28,29)30)17-31-26(35-25)34-22-10-9-20(16-23(22)39-3)37-13-11-36(5-2)12-14-37/h4,6-10,15-17H,1,5,11-14H2,2-3H3,(H,32,38)(H2,31,33,34,35). The third-order valence-corrected chi connectivity index (χ3v) is 6.29. The number of halogens is 3. The third-order valence-electron chi connectivity index (χ3n) is 6.29. The molecule has 0 bridgehead atoms. The fraction of sp³-hybridized carbons (Fsp3) is 0.296. The van der Waals surface area contributed by atoms with Crippen molar-refractivity contribution >= 4 is 40.4 Å². The third kappa shape index (κ3) is 6.96. The Hall–Kier alpha value is -4.32. The van der Waals surface area contributed by atoms with Gasteiger partial charge in [0.25, 0.3) is 0 Å². The summed E-state index contributed by atoms with van der Waals surface area (Å²) in [5.41, 5.74) is 1.13. The van der Waals surface area contributed by atoms with Crippen LogP contribution in [0, 0.1) is 0 Å². The van der Waals surface area contributed by atoms with E-state index in [1.54, 1.807) is 24.3 Å². The molecule has 9 nitrogen and oxygen atoms in total. The van der Waals surface area contributed by atoms with Crippen molar-refractivity contribution in [2.24, 2.45) is 0 Å². The average Bonchev–Trinajstić information content (AvgIpc) is 2.93.